The van der Waals surface area contributed by atoms with Gasteiger partial charge in [0.15, 0.2) is 0 Å². The Balaban J connectivity index is 3.73. The molecule has 17 heavy (non-hydrogen) atoms. The van der Waals surface area contributed by atoms with Gasteiger partial charge in [0.2, 0.25) is 0 Å². The predicted octanol–water partition coefficient (Wildman–Crippen LogP) is 2.56. The third-order valence-electron chi connectivity index (χ3n) is 2.08. The second-order valence-corrected chi connectivity index (χ2v) is 4.81. The van der Waals surface area contributed by atoms with Crippen molar-refractivity contribution >= 4 is 11.9 Å². The van der Waals surface area contributed by atoms with E-state index >= 15 is 0 Å². The highest BCUT2D eigenvalue weighted by molar-refractivity contribution is 5.73. The Morgan fingerprint density at radius 1 is 1.00 bits per heavy atom. The highest BCUT2D eigenvalue weighted by Gasteiger charge is 2.15. The Bertz CT molecular complexity index is 236. The zero-order valence-electron chi connectivity index (χ0n) is 11.3. The van der Waals surface area contributed by atoms with E-state index in [2.05, 4.69) is 0 Å². The van der Waals surface area contributed by atoms with E-state index in [1.807, 2.05) is 27.7 Å². The molecule has 0 aromatic rings. The maximum Gasteiger partial charge on any atom is 0.306 e. The van der Waals surface area contributed by atoms with Crippen LogP contribution in [0.1, 0.15) is 47.0 Å². The Kier molecular flexibility index (Phi) is 8.46. The molecule has 1 unspecified atom stereocenters. The lowest BCUT2D eigenvalue weighted by atomic mass is 10.0. The normalized spacial score (nSPS) is 12.3. The molecule has 0 aliphatic heterocycles. The minimum absolute atomic E-state index is 0.0287. The lowest BCUT2D eigenvalue weighted by Gasteiger charge is -2.11. The average molecular weight is 244 g/mol. The predicted molar refractivity (Wildman–Crippen MR) is 65.4 cm³/mol. The zero-order chi connectivity index (χ0) is 13.3. The van der Waals surface area contributed by atoms with E-state index in [-0.39, 0.29) is 30.7 Å². The van der Waals surface area contributed by atoms with Gasteiger partial charge in [-0.25, -0.2) is 0 Å². The molecule has 0 aliphatic carbocycles. The van der Waals surface area contributed by atoms with Gasteiger partial charge in [-0.05, 0) is 18.3 Å². The van der Waals surface area contributed by atoms with E-state index < -0.39 is 0 Å². The number of hydrogen-bond donors (Lipinski definition) is 0. The molecule has 0 aromatic heterocycles. The third-order valence-corrected chi connectivity index (χ3v) is 2.08. The summed E-state index contributed by atoms with van der Waals surface area (Å²) in [4.78, 5) is 22.7. The topological polar surface area (TPSA) is 52.6 Å². The Hall–Kier alpha value is -1.06. The molecule has 0 rings (SSSR count). The molecule has 0 radical (unpaired) electrons. The molecule has 0 fully saturated rings. The molecular formula is C13H24O4. The largest absolute Gasteiger partial charge is 0.466 e. The van der Waals surface area contributed by atoms with Crippen LogP contribution in [-0.2, 0) is 19.1 Å². The molecule has 4 heteroatoms. The van der Waals surface area contributed by atoms with Crippen LogP contribution in [0, 0.1) is 11.8 Å². The van der Waals surface area contributed by atoms with Crippen LogP contribution in [0.3, 0.4) is 0 Å². The highest BCUT2D eigenvalue weighted by atomic mass is 16.5. The molecule has 0 spiro atoms. The van der Waals surface area contributed by atoms with Gasteiger partial charge in [-0.15, -0.1) is 0 Å². The summed E-state index contributed by atoms with van der Waals surface area (Å²) in [6, 6.07) is 0. The molecule has 1 atom stereocenters. The minimum atomic E-state index is -0.241. The van der Waals surface area contributed by atoms with E-state index in [1.165, 1.54) is 0 Å². The van der Waals surface area contributed by atoms with Gasteiger partial charge in [-0.1, -0.05) is 27.7 Å². The van der Waals surface area contributed by atoms with Gasteiger partial charge in [0.25, 0.3) is 0 Å². The van der Waals surface area contributed by atoms with Crippen LogP contribution in [0.15, 0.2) is 0 Å². The third kappa shape index (κ3) is 9.85. The fourth-order valence-corrected chi connectivity index (χ4v) is 1.23. The maximum atomic E-state index is 11.4. The van der Waals surface area contributed by atoms with Crippen LogP contribution in [0.5, 0.6) is 0 Å². The standard InChI is InChI=1S/C13H24O4/c1-5-6-16-12(14)7-11(4)8-13(15)17-9-10(2)3/h10-11H,5-9H2,1-4H3. The lowest BCUT2D eigenvalue weighted by Crippen LogP contribution is -2.16. The Morgan fingerprint density at radius 2 is 1.53 bits per heavy atom. The molecule has 100 valence electrons. The van der Waals surface area contributed by atoms with Crippen LogP contribution in [0.25, 0.3) is 0 Å². The van der Waals surface area contributed by atoms with Crippen molar-refractivity contribution < 1.29 is 19.1 Å². The smallest absolute Gasteiger partial charge is 0.306 e. The molecule has 0 saturated carbocycles. The first-order valence-electron chi connectivity index (χ1n) is 6.26. The van der Waals surface area contributed by atoms with Gasteiger partial charge in [-0.2, -0.15) is 0 Å². The van der Waals surface area contributed by atoms with Crippen molar-refractivity contribution in [1.82, 2.24) is 0 Å². The molecule has 0 N–H and O–H groups in total. The van der Waals surface area contributed by atoms with Crippen molar-refractivity contribution in [3.8, 4) is 0 Å². The average Bonchev–Trinajstić information content (AvgIpc) is 2.23. The van der Waals surface area contributed by atoms with E-state index in [0.717, 1.165) is 6.42 Å². The van der Waals surface area contributed by atoms with E-state index in [9.17, 15) is 9.59 Å². The van der Waals surface area contributed by atoms with Gasteiger partial charge in [0.1, 0.15) is 0 Å². The van der Waals surface area contributed by atoms with Crippen molar-refractivity contribution in [1.29, 1.82) is 0 Å². The maximum absolute atomic E-state index is 11.4. The van der Waals surface area contributed by atoms with Gasteiger partial charge in [0.05, 0.1) is 13.2 Å². The summed E-state index contributed by atoms with van der Waals surface area (Å²) >= 11 is 0. The number of carbonyl (C=O) groups excluding carboxylic acids is 2. The first-order valence-corrected chi connectivity index (χ1v) is 6.26. The quantitative estimate of drug-likeness (QED) is 0.616. The summed E-state index contributed by atoms with van der Waals surface area (Å²) in [6.07, 6.45) is 1.36. The second-order valence-electron chi connectivity index (χ2n) is 4.81. The molecule has 0 bridgehead atoms. The van der Waals surface area contributed by atoms with Crippen molar-refractivity contribution in [3.05, 3.63) is 0 Å². The SMILES string of the molecule is CCCOC(=O)CC(C)CC(=O)OCC(C)C. The molecular weight excluding hydrogens is 220 g/mol. The van der Waals surface area contributed by atoms with Gasteiger partial charge < -0.3 is 9.47 Å². The second kappa shape index (κ2) is 9.02. The van der Waals surface area contributed by atoms with Crippen LogP contribution in [-0.4, -0.2) is 25.2 Å². The summed E-state index contributed by atoms with van der Waals surface area (Å²) < 4.78 is 10.00. The molecule has 0 heterocycles. The molecule has 0 aliphatic rings. The number of ether oxygens (including phenoxy) is 2. The van der Waals surface area contributed by atoms with Gasteiger partial charge in [0, 0.05) is 12.8 Å². The Labute approximate surface area is 104 Å². The van der Waals surface area contributed by atoms with Crippen LogP contribution < -0.4 is 0 Å². The van der Waals surface area contributed by atoms with Gasteiger partial charge in [-0.3, -0.25) is 9.59 Å². The van der Waals surface area contributed by atoms with Crippen molar-refractivity contribution in [3.63, 3.8) is 0 Å². The summed E-state index contributed by atoms with van der Waals surface area (Å²) in [5.74, 6) is -0.173. The van der Waals surface area contributed by atoms with Gasteiger partial charge >= 0.3 is 11.9 Å². The first kappa shape index (κ1) is 15.9. The van der Waals surface area contributed by atoms with Crippen molar-refractivity contribution in [2.75, 3.05) is 13.2 Å². The number of esters is 2. The molecule has 0 saturated heterocycles. The Morgan fingerprint density at radius 3 is 2.00 bits per heavy atom. The zero-order valence-corrected chi connectivity index (χ0v) is 11.3. The fourth-order valence-electron chi connectivity index (χ4n) is 1.23. The number of carbonyl (C=O) groups is 2. The lowest BCUT2D eigenvalue weighted by molar-refractivity contribution is -0.147. The van der Waals surface area contributed by atoms with Crippen LogP contribution in [0.2, 0.25) is 0 Å². The highest BCUT2D eigenvalue weighted by Crippen LogP contribution is 2.10. The summed E-state index contributed by atoms with van der Waals surface area (Å²) in [6.45, 7) is 8.65. The fraction of sp³-hybridized carbons (Fsp3) is 0.846. The van der Waals surface area contributed by atoms with E-state index in [1.54, 1.807) is 0 Å². The summed E-state index contributed by atoms with van der Waals surface area (Å²) in [7, 11) is 0. The summed E-state index contributed by atoms with van der Waals surface area (Å²) in [5, 5.41) is 0. The van der Waals surface area contributed by atoms with Crippen molar-refractivity contribution in [2.24, 2.45) is 11.8 Å². The van der Waals surface area contributed by atoms with Crippen molar-refractivity contribution in [2.45, 2.75) is 47.0 Å². The van der Waals surface area contributed by atoms with Crippen LogP contribution >= 0.6 is 0 Å². The number of rotatable bonds is 8. The monoisotopic (exact) mass is 244 g/mol. The molecule has 4 nitrogen and oxygen atoms in total. The molecule has 0 aromatic carbocycles. The first-order chi connectivity index (χ1) is 7.95. The summed E-state index contributed by atoms with van der Waals surface area (Å²) in [5.41, 5.74) is 0. The van der Waals surface area contributed by atoms with Crippen LogP contribution in [0.4, 0.5) is 0 Å². The number of hydrogen-bond acceptors (Lipinski definition) is 4. The van der Waals surface area contributed by atoms with E-state index in [4.69, 9.17) is 9.47 Å². The van der Waals surface area contributed by atoms with E-state index in [0.29, 0.717) is 19.1 Å². The minimum Gasteiger partial charge on any atom is -0.466 e. The molecule has 0 amide bonds.